The first kappa shape index (κ1) is 24.1. The summed E-state index contributed by atoms with van der Waals surface area (Å²) in [5.41, 5.74) is 3.59. The zero-order valence-corrected chi connectivity index (χ0v) is 21.5. The molecule has 3 aliphatic rings. The van der Waals surface area contributed by atoms with E-state index in [0.29, 0.717) is 44.6 Å². The van der Waals surface area contributed by atoms with E-state index in [9.17, 15) is 4.79 Å². The van der Waals surface area contributed by atoms with Gasteiger partial charge in [0.2, 0.25) is 11.9 Å². The molecule has 37 heavy (non-hydrogen) atoms. The maximum Gasteiger partial charge on any atom is 0.229 e. The van der Waals surface area contributed by atoms with Crippen LogP contribution in [0.25, 0.3) is 22.3 Å². The van der Waals surface area contributed by atoms with Gasteiger partial charge in [0.05, 0.1) is 49.6 Å². The molecule has 2 aliphatic heterocycles. The van der Waals surface area contributed by atoms with Crippen LogP contribution in [-0.4, -0.2) is 72.5 Å². The van der Waals surface area contributed by atoms with Crippen molar-refractivity contribution in [2.75, 3.05) is 49.3 Å². The van der Waals surface area contributed by atoms with Crippen LogP contribution in [0.2, 0.25) is 0 Å². The van der Waals surface area contributed by atoms with E-state index in [0.717, 1.165) is 54.0 Å². The van der Waals surface area contributed by atoms with Crippen molar-refractivity contribution < 1.29 is 14.3 Å². The molecule has 0 radical (unpaired) electrons. The topological polar surface area (TPSA) is 92.7 Å². The Labute approximate surface area is 217 Å². The highest BCUT2D eigenvalue weighted by atomic mass is 16.5. The number of nitrogens with one attached hydrogen (secondary N) is 1. The largest absolute Gasteiger partial charge is 0.377 e. The van der Waals surface area contributed by atoms with E-state index in [1.807, 2.05) is 18.2 Å². The lowest BCUT2D eigenvalue weighted by atomic mass is 10.1. The van der Waals surface area contributed by atoms with E-state index < -0.39 is 0 Å². The number of amides is 1. The van der Waals surface area contributed by atoms with E-state index in [1.54, 1.807) is 0 Å². The second-order valence-corrected chi connectivity index (χ2v) is 10.3. The van der Waals surface area contributed by atoms with E-state index in [1.165, 1.54) is 0 Å². The Balaban J connectivity index is 1.37. The first-order valence-electron chi connectivity index (χ1n) is 13.3. The van der Waals surface area contributed by atoms with E-state index >= 15 is 0 Å². The van der Waals surface area contributed by atoms with Crippen molar-refractivity contribution in [1.82, 2.24) is 20.3 Å². The quantitative estimate of drug-likeness (QED) is 0.550. The van der Waals surface area contributed by atoms with Crippen LogP contribution >= 0.6 is 0 Å². The minimum Gasteiger partial charge on any atom is -0.377 e. The lowest BCUT2D eigenvalue weighted by Crippen LogP contribution is -2.46. The number of benzene rings is 1. The van der Waals surface area contributed by atoms with Crippen molar-refractivity contribution in [2.24, 2.45) is 5.92 Å². The molecule has 3 fully saturated rings. The van der Waals surface area contributed by atoms with Gasteiger partial charge in [-0.15, -0.1) is 0 Å². The predicted octanol–water partition coefficient (Wildman–Crippen LogP) is 3.17. The average Bonchev–Trinajstić information content (AvgIpc) is 3.77. The zero-order chi connectivity index (χ0) is 25.4. The molecule has 0 spiro atoms. The van der Waals surface area contributed by atoms with Gasteiger partial charge in [0.25, 0.3) is 0 Å². The van der Waals surface area contributed by atoms with Crippen molar-refractivity contribution in [2.45, 2.75) is 45.3 Å². The van der Waals surface area contributed by atoms with Gasteiger partial charge in [0.1, 0.15) is 5.82 Å². The maximum absolute atomic E-state index is 12.1. The van der Waals surface area contributed by atoms with Crippen molar-refractivity contribution in [3.63, 3.8) is 0 Å². The Morgan fingerprint density at radius 3 is 2.46 bits per heavy atom. The molecule has 3 aromatic rings. The van der Waals surface area contributed by atoms with Crippen LogP contribution in [0, 0.1) is 5.92 Å². The van der Waals surface area contributed by atoms with Crippen molar-refractivity contribution in [3.8, 4) is 11.3 Å². The average molecular weight is 503 g/mol. The summed E-state index contributed by atoms with van der Waals surface area (Å²) in [4.78, 5) is 31.7. The molecule has 9 heteroatoms. The first-order valence-corrected chi connectivity index (χ1v) is 13.3. The third-order valence-electron chi connectivity index (χ3n) is 7.43. The van der Waals surface area contributed by atoms with Crippen LogP contribution in [0.4, 0.5) is 11.8 Å². The molecule has 4 heterocycles. The third-order valence-corrected chi connectivity index (χ3v) is 7.43. The number of pyridine rings is 1. The molecule has 1 aromatic carbocycles. The summed E-state index contributed by atoms with van der Waals surface area (Å²) >= 11 is 0. The molecule has 1 amide bonds. The van der Waals surface area contributed by atoms with Gasteiger partial charge >= 0.3 is 0 Å². The number of fused-ring (bicyclic) bond motifs is 1. The molecule has 2 atom stereocenters. The second-order valence-electron chi connectivity index (χ2n) is 10.3. The summed E-state index contributed by atoms with van der Waals surface area (Å²) in [6, 6.07) is 12.7. The number of nitrogens with zero attached hydrogens (tertiary/aromatic N) is 5. The molecule has 1 saturated carbocycles. The summed E-state index contributed by atoms with van der Waals surface area (Å²) in [5, 5.41) is 3.99. The first-order chi connectivity index (χ1) is 18.1. The number of aromatic nitrogens is 3. The number of anilines is 2. The molecule has 9 nitrogen and oxygen atoms in total. The van der Waals surface area contributed by atoms with Crippen molar-refractivity contribution in [3.05, 3.63) is 42.0 Å². The SMILES string of the molecule is C[C@H]1COCCN1c1nc(N2CCOC[C@@H]2C)c2ccc(-c3cccc(CNC(=O)C4CC4)c3)nc2n1. The number of carbonyl (C=O) groups is 1. The minimum atomic E-state index is 0.153. The van der Waals surface area contributed by atoms with Crippen LogP contribution < -0.4 is 15.1 Å². The summed E-state index contributed by atoms with van der Waals surface area (Å²) < 4.78 is 11.4. The maximum atomic E-state index is 12.1. The van der Waals surface area contributed by atoms with Gasteiger partial charge < -0.3 is 24.6 Å². The lowest BCUT2D eigenvalue weighted by molar-refractivity contribution is -0.122. The molecule has 0 unspecified atom stereocenters. The van der Waals surface area contributed by atoms with Crippen LogP contribution in [0.15, 0.2) is 36.4 Å². The summed E-state index contributed by atoms with van der Waals surface area (Å²) in [5.74, 6) is 1.96. The fourth-order valence-corrected chi connectivity index (χ4v) is 5.08. The molecule has 0 bridgehead atoms. The second kappa shape index (κ2) is 10.2. The Kier molecular flexibility index (Phi) is 6.65. The van der Waals surface area contributed by atoms with Gasteiger partial charge in [-0.3, -0.25) is 4.79 Å². The van der Waals surface area contributed by atoms with Crippen LogP contribution in [-0.2, 0) is 20.8 Å². The van der Waals surface area contributed by atoms with Crippen molar-refractivity contribution >= 4 is 28.7 Å². The summed E-state index contributed by atoms with van der Waals surface area (Å²) in [7, 11) is 0. The number of carbonyl (C=O) groups excluding carboxylic acids is 1. The molecular weight excluding hydrogens is 468 g/mol. The molecule has 2 saturated heterocycles. The summed E-state index contributed by atoms with van der Waals surface area (Å²) in [6.07, 6.45) is 2.01. The number of hydrogen-bond acceptors (Lipinski definition) is 8. The van der Waals surface area contributed by atoms with Crippen LogP contribution in [0.3, 0.4) is 0 Å². The highest BCUT2D eigenvalue weighted by Gasteiger charge is 2.29. The number of rotatable bonds is 6. The monoisotopic (exact) mass is 502 g/mol. The van der Waals surface area contributed by atoms with Gasteiger partial charge in [0, 0.05) is 31.1 Å². The van der Waals surface area contributed by atoms with E-state index in [2.05, 4.69) is 47.2 Å². The smallest absolute Gasteiger partial charge is 0.229 e. The zero-order valence-electron chi connectivity index (χ0n) is 21.5. The standard InChI is InChI=1S/C28H34N6O3/c1-18-16-36-12-10-33(18)26-23-8-9-24(22-5-3-4-20(14-22)15-29-27(35)21-6-7-21)30-25(23)31-28(32-26)34-11-13-37-17-19(34)2/h3-5,8-9,14,18-19,21H,6-7,10-13,15-17H2,1-2H3,(H,29,35)/t18-,19-/m0/s1. The Hall–Kier alpha value is -3.30. The lowest BCUT2D eigenvalue weighted by Gasteiger charge is -2.37. The van der Waals surface area contributed by atoms with Gasteiger partial charge in [-0.2, -0.15) is 9.97 Å². The molecule has 2 aromatic heterocycles. The Bertz CT molecular complexity index is 1300. The van der Waals surface area contributed by atoms with E-state index in [-0.39, 0.29) is 23.9 Å². The van der Waals surface area contributed by atoms with Crippen LogP contribution in [0.1, 0.15) is 32.3 Å². The predicted molar refractivity (Wildman–Crippen MR) is 143 cm³/mol. The molecule has 1 aliphatic carbocycles. The molecule has 1 N–H and O–H groups in total. The highest BCUT2D eigenvalue weighted by Crippen LogP contribution is 2.32. The number of morpholine rings is 2. The Morgan fingerprint density at radius 1 is 0.973 bits per heavy atom. The van der Waals surface area contributed by atoms with Gasteiger partial charge in [-0.05, 0) is 50.5 Å². The van der Waals surface area contributed by atoms with Gasteiger partial charge in [-0.25, -0.2) is 4.98 Å². The highest BCUT2D eigenvalue weighted by molar-refractivity contribution is 5.90. The normalized spacial score (nSPS) is 22.3. The van der Waals surface area contributed by atoms with Gasteiger partial charge in [0.15, 0.2) is 5.65 Å². The summed E-state index contributed by atoms with van der Waals surface area (Å²) in [6.45, 7) is 9.02. The van der Waals surface area contributed by atoms with Gasteiger partial charge in [-0.1, -0.05) is 18.2 Å². The molecule has 6 rings (SSSR count). The van der Waals surface area contributed by atoms with E-state index in [4.69, 9.17) is 24.4 Å². The minimum absolute atomic E-state index is 0.153. The molecular formula is C28H34N6O3. The third kappa shape index (κ3) is 5.10. The van der Waals surface area contributed by atoms with Crippen molar-refractivity contribution in [1.29, 1.82) is 0 Å². The molecule has 194 valence electrons. The number of hydrogen-bond donors (Lipinski definition) is 1. The fraction of sp³-hybridized carbons (Fsp3) is 0.500. The number of ether oxygens (including phenoxy) is 2. The Morgan fingerprint density at radius 2 is 1.73 bits per heavy atom. The fourth-order valence-electron chi connectivity index (χ4n) is 5.08. The van der Waals surface area contributed by atoms with Crippen LogP contribution in [0.5, 0.6) is 0 Å².